The van der Waals surface area contributed by atoms with Crippen LogP contribution < -0.4 is 14.8 Å². The lowest BCUT2D eigenvalue weighted by Crippen LogP contribution is -2.31. The minimum atomic E-state index is 0.396. The van der Waals surface area contributed by atoms with Gasteiger partial charge in [0.05, 0.1) is 6.61 Å². The van der Waals surface area contributed by atoms with Gasteiger partial charge < -0.3 is 19.7 Å². The Balaban J connectivity index is 2.02. The Kier molecular flexibility index (Phi) is 10.1. The Morgan fingerprint density at radius 3 is 2.39 bits per heavy atom. The van der Waals surface area contributed by atoms with Crippen LogP contribution in [0, 0.1) is 0 Å². The lowest BCUT2D eigenvalue weighted by Gasteiger charge is -2.19. The highest BCUT2D eigenvalue weighted by molar-refractivity contribution is 9.10. The normalized spacial score (nSPS) is 11.1. The number of nitrogens with one attached hydrogen (secondary N) is 1. The van der Waals surface area contributed by atoms with Crippen LogP contribution in [0.3, 0.4) is 0 Å². The van der Waals surface area contributed by atoms with Crippen molar-refractivity contribution in [1.29, 1.82) is 0 Å². The van der Waals surface area contributed by atoms with Crippen molar-refractivity contribution in [3.63, 3.8) is 0 Å². The minimum absolute atomic E-state index is 0.396. The van der Waals surface area contributed by atoms with Crippen LogP contribution in [0.4, 0.5) is 0 Å². The molecule has 0 heterocycles. The second kappa shape index (κ2) is 12.3. The zero-order chi connectivity index (χ0) is 20.4. The molecule has 0 aliphatic carbocycles. The molecule has 6 heteroatoms. The molecule has 0 aromatic heterocycles. The van der Waals surface area contributed by atoms with Crippen molar-refractivity contribution >= 4 is 27.5 Å². The zero-order valence-electron chi connectivity index (χ0n) is 16.9. The Labute approximate surface area is 182 Å². The van der Waals surface area contributed by atoms with Gasteiger partial charge in [-0.05, 0) is 43.8 Å². The van der Waals surface area contributed by atoms with Gasteiger partial charge in [-0.2, -0.15) is 0 Å². The van der Waals surface area contributed by atoms with E-state index in [1.54, 1.807) is 0 Å². The predicted octanol–water partition coefficient (Wildman–Crippen LogP) is 5.51. The van der Waals surface area contributed by atoms with Gasteiger partial charge in [0.1, 0.15) is 6.61 Å². The fourth-order valence-electron chi connectivity index (χ4n) is 2.86. The van der Waals surface area contributed by atoms with Crippen molar-refractivity contribution < 1.29 is 9.47 Å². The highest BCUT2D eigenvalue weighted by Crippen LogP contribution is 2.34. The van der Waals surface area contributed by atoms with Crippen LogP contribution in [0.25, 0.3) is 0 Å². The van der Waals surface area contributed by atoms with Gasteiger partial charge in [0.15, 0.2) is 11.5 Å². The fourth-order valence-corrected chi connectivity index (χ4v) is 3.52. The first-order chi connectivity index (χ1) is 13.6. The van der Waals surface area contributed by atoms with Crippen LogP contribution in [0.1, 0.15) is 31.9 Å². The van der Waals surface area contributed by atoms with Crippen LogP contribution in [0.15, 0.2) is 40.9 Å². The van der Waals surface area contributed by atoms with Crippen LogP contribution >= 0.6 is 27.5 Å². The van der Waals surface area contributed by atoms with Gasteiger partial charge in [-0.15, -0.1) is 0 Å². The first kappa shape index (κ1) is 23.0. The summed E-state index contributed by atoms with van der Waals surface area (Å²) < 4.78 is 12.8. The van der Waals surface area contributed by atoms with Crippen LogP contribution in [0.2, 0.25) is 5.02 Å². The average Bonchev–Trinajstić information content (AvgIpc) is 2.70. The molecule has 0 radical (unpaired) electrons. The topological polar surface area (TPSA) is 33.7 Å². The maximum atomic E-state index is 6.23. The third-order valence-electron chi connectivity index (χ3n) is 4.57. The second-order valence-corrected chi connectivity index (χ2v) is 7.67. The van der Waals surface area contributed by atoms with E-state index >= 15 is 0 Å². The first-order valence-corrected chi connectivity index (χ1v) is 11.0. The van der Waals surface area contributed by atoms with Gasteiger partial charge in [-0.25, -0.2) is 0 Å². The summed E-state index contributed by atoms with van der Waals surface area (Å²) in [5.41, 5.74) is 2.10. The summed E-state index contributed by atoms with van der Waals surface area (Å²) in [5, 5.41) is 4.21. The molecule has 0 aliphatic rings. The lowest BCUT2D eigenvalue weighted by atomic mass is 10.2. The first-order valence-electron chi connectivity index (χ1n) is 9.83. The van der Waals surface area contributed by atoms with Crippen molar-refractivity contribution in [3.05, 3.63) is 57.0 Å². The van der Waals surface area contributed by atoms with E-state index in [9.17, 15) is 0 Å². The van der Waals surface area contributed by atoms with Gasteiger partial charge in [-0.1, -0.05) is 59.6 Å². The van der Waals surface area contributed by atoms with E-state index in [1.165, 1.54) is 0 Å². The molecule has 0 aliphatic heterocycles. The highest BCUT2D eigenvalue weighted by Gasteiger charge is 2.12. The van der Waals surface area contributed by atoms with Gasteiger partial charge in [-0.3, -0.25) is 0 Å². The molecule has 0 spiro atoms. The quantitative estimate of drug-likeness (QED) is 0.415. The van der Waals surface area contributed by atoms with Crippen LogP contribution in [0.5, 0.6) is 11.5 Å². The average molecular weight is 470 g/mol. The smallest absolute Gasteiger partial charge is 0.162 e. The summed E-state index contributed by atoms with van der Waals surface area (Å²) in [7, 11) is 0. The van der Waals surface area contributed by atoms with E-state index in [4.69, 9.17) is 21.1 Å². The maximum absolute atomic E-state index is 6.23. The van der Waals surface area contributed by atoms with Crippen molar-refractivity contribution in [2.75, 3.05) is 32.8 Å². The molecule has 1 N–H and O–H groups in total. The molecular formula is C22H30BrClN2O2. The number of benzene rings is 2. The minimum Gasteiger partial charge on any atom is -0.490 e. The summed E-state index contributed by atoms with van der Waals surface area (Å²) in [6.07, 6.45) is 0. The molecule has 0 unspecified atom stereocenters. The maximum Gasteiger partial charge on any atom is 0.162 e. The molecule has 0 fully saturated rings. The summed E-state index contributed by atoms with van der Waals surface area (Å²) in [4.78, 5) is 2.40. The van der Waals surface area contributed by atoms with E-state index in [2.05, 4.69) is 40.0 Å². The molecule has 2 aromatic carbocycles. The molecule has 0 amide bonds. The van der Waals surface area contributed by atoms with E-state index < -0.39 is 0 Å². The number of nitrogens with zero attached hydrogens (tertiary/aromatic N) is 1. The third-order valence-corrected chi connectivity index (χ3v) is 5.68. The zero-order valence-corrected chi connectivity index (χ0v) is 19.3. The molecule has 0 saturated heterocycles. The summed E-state index contributed by atoms with van der Waals surface area (Å²) in [5.74, 6) is 1.46. The SMILES string of the molecule is CCOc1cc(CNCCN(CC)CC)c(Br)cc1OCc1ccccc1Cl. The number of rotatable bonds is 12. The number of halogens is 2. The Morgan fingerprint density at radius 2 is 1.71 bits per heavy atom. The standard InChI is InChI=1S/C22H30BrClN2O2/c1-4-26(5-2)12-11-25-15-18-13-21(27-6-3)22(14-19(18)23)28-16-17-9-7-8-10-20(17)24/h7-10,13-14,25H,4-6,11-12,15-16H2,1-3H3. The number of ether oxygens (including phenoxy) is 2. The third kappa shape index (κ3) is 6.96. The van der Waals surface area contributed by atoms with Gasteiger partial charge >= 0.3 is 0 Å². The van der Waals surface area contributed by atoms with Crippen molar-refractivity contribution in [2.24, 2.45) is 0 Å². The Bertz CT molecular complexity index is 738. The molecule has 0 bridgehead atoms. The number of likely N-dealkylation sites (N-methyl/N-ethyl adjacent to an activating group) is 1. The second-order valence-electron chi connectivity index (χ2n) is 6.41. The lowest BCUT2D eigenvalue weighted by molar-refractivity contribution is 0.269. The van der Waals surface area contributed by atoms with Crippen LogP contribution in [-0.4, -0.2) is 37.7 Å². The van der Waals surface area contributed by atoms with Gasteiger partial charge in [0, 0.05) is 34.7 Å². The predicted molar refractivity (Wildman–Crippen MR) is 121 cm³/mol. The van der Waals surface area contributed by atoms with Gasteiger partial charge in [0.2, 0.25) is 0 Å². The molecule has 28 heavy (non-hydrogen) atoms. The van der Waals surface area contributed by atoms with Crippen molar-refractivity contribution in [1.82, 2.24) is 10.2 Å². The number of hydrogen-bond donors (Lipinski definition) is 1. The summed E-state index contributed by atoms with van der Waals surface area (Å²) in [6, 6.07) is 11.7. The van der Waals surface area contributed by atoms with Gasteiger partial charge in [0.25, 0.3) is 0 Å². The molecule has 2 rings (SSSR count). The number of hydrogen-bond acceptors (Lipinski definition) is 4. The fraction of sp³-hybridized carbons (Fsp3) is 0.455. The van der Waals surface area contributed by atoms with Crippen molar-refractivity contribution in [2.45, 2.75) is 33.9 Å². The molecule has 154 valence electrons. The monoisotopic (exact) mass is 468 g/mol. The van der Waals surface area contributed by atoms with E-state index in [1.807, 2.05) is 43.3 Å². The molecule has 0 atom stereocenters. The van der Waals surface area contributed by atoms with E-state index in [-0.39, 0.29) is 0 Å². The summed E-state index contributed by atoms with van der Waals surface area (Å²) in [6.45, 7) is 12.2. The Morgan fingerprint density at radius 1 is 1.00 bits per heavy atom. The van der Waals surface area contributed by atoms with E-state index in [0.29, 0.717) is 24.0 Å². The largest absolute Gasteiger partial charge is 0.490 e. The molecule has 4 nitrogen and oxygen atoms in total. The molecule has 2 aromatic rings. The Hall–Kier alpha value is -1.27. The van der Waals surface area contributed by atoms with Crippen molar-refractivity contribution in [3.8, 4) is 11.5 Å². The summed E-state index contributed by atoms with van der Waals surface area (Å²) >= 11 is 9.90. The highest BCUT2D eigenvalue weighted by atomic mass is 79.9. The molecule has 0 saturated carbocycles. The van der Waals surface area contributed by atoms with E-state index in [0.717, 1.165) is 54.1 Å². The van der Waals surface area contributed by atoms with Crippen LogP contribution in [-0.2, 0) is 13.2 Å². The molecular weight excluding hydrogens is 440 g/mol.